The largest absolute Gasteiger partial charge is 0.352 e. The second kappa shape index (κ2) is 4.62. The van der Waals surface area contributed by atoms with Gasteiger partial charge in [0.05, 0.1) is 0 Å². The van der Waals surface area contributed by atoms with E-state index in [9.17, 15) is 4.39 Å². The maximum Gasteiger partial charge on any atom is 0.128 e. The minimum absolute atomic E-state index is 0.239. The molecular formula is C16H21FN2. The number of rotatable bonds is 3. The summed E-state index contributed by atoms with van der Waals surface area (Å²) in [5, 5.41) is 8.27. The van der Waals surface area contributed by atoms with Gasteiger partial charge in [0.25, 0.3) is 0 Å². The van der Waals surface area contributed by atoms with E-state index in [1.54, 1.807) is 0 Å². The molecule has 0 bridgehead atoms. The van der Waals surface area contributed by atoms with Crippen LogP contribution in [0.1, 0.15) is 50.2 Å². The van der Waals surface area contributed by atoms with E-state index in [2.05, 4.69) is 11.8 Å². The van der Waals surface area contributed by atoms with Crippen LogP contribution in [0.15, 0.2) is 18.2 Å². The molecule has 0 radical (unpaired) electrons. The van der Waals surface area contributed by atoms with Crippen LogP contribution in [-0.4, -0.2) is 17.3 Å². The van der Waals surface area contributed by atoms with Crippen LogP contribution in [0.2, 0.25) is 0 Å². The number of nitrogens with zero attached hydrogens (tertiary/aromatic N) is 1. The van der Waals surface area contributed by atoms with Crippen LogP contribution < -0.4 is 0 Å². The van der Waals surface area contributed by atoms with Gasteiger partial charge < -0.3 is 4.90 Å². The van der Waals surface area contributed by atoms with Crippen molar-refractivity contribution in [3.63, 3.8) is 0 Å². The summed E-state index contributed by atoms with van der Waals surface area (Å²) >= 11 is 0. The van der Waals surface area contributed by atoms with Crippen molar-refractivity contribution in [1.82, 2.24) is 4.90 Å². The van der Waals surface area contributed by atoms with Crippen LogP contribution in [0.3, 0.4) is 0 Å². The first kappa shape index (κ1) is 12.6. The van der Waals surface area contributed by atoms with Gasteiger partial charge in [-0.3, -0.25) is 5.41 Å². The normalized spacial score (nSPS) is 20.9. The van der Waals surface area contributed by atoms with Crippen LogP contribution in [0.4, 0.5) is 4.39 Å². The second-order valence-electron chi connectivity index (χ2n) is 6.07. The molecule has 102 valence electrons. The number of hydrogen-bond acceptors (Lipinski definition) is 1. The average molecular weight is 260 g/mol. The first-order valence-corrected chi connectivity index (χ1v) is 7.26. The highest BCUT2D eigenvalue weighted by molar-refractivity contribution is 6.00. The van der Waals surface area contributed by atoms with Crippen LogP contribution in [0.5, 0.6) is 0 Å². The molecule has 1 aromatic carbocycles. The number of nitrogens with one attached hydrogen (secondary N) is 1. The van der Waals surface area contributed by atoms with Crippen molar-refractivity contribution < 1.29 is 4.39 Å². The first-order chi connectivity index (χ1) is 9.13. The molecule has 0 aromatic heterocycles. The zero-order valence-corrected chi connectivity index (χ0v) is 11.5. The van der Waals surface area contributed by atoms with E-state index in [1.165, 1.54) is 44.2 Å². The lowest BCUT2D eigenvalue weighted by atomic mass is 9.83. The molecule has 1 heterocycles. The summed E-state index contributed by atoms with van der Waals surface area (Å²) in [5.41, 5.74) is 2.26. The van der Waals surface area contributed by atoms with E-state index < -0.39 is 0 Å². The van der Waals surface area contributed by atoms with E-state index >= 15 is 0 Å². The third kappa shape index (κ3) is 2.15. The summed E-state index contributed by atoms with van der Waals surface area (Å²) in [6.45, 7) is 3.99. The molecule has 3 rings (SSSR count). The fraction of sp³-hybridized carbons (Fsp3) is 0.562. The maximum atomic E-state index is 13.3. The van der Waals surface area contributed by atoms with Gasteiger partial charge in [-0.2, -0.15) is 0 Å². The lowest BCUT2D eigenvalue weighted by molar-refractivity contribution is 0.203. The highest BCUT2D eigenvalue weighted by Gasteiger charge is 2.36. The molecule has 0 amide bonds. The van der Waals surface area contributed by atoms with Gasteiger partial charge in [0.15, 0.2) is 0 Å². The van der Waals surface area contributed by atoms with Gasteiger partial charge in [-0.15, -0.1) is 0 Å². The Balaban J connectivity index is 1.80. The molecule has 1 aliphatic heterocycles. The topological polar surface area (TPSA) is 27.1 Å². The van der Waals surface area contributed by atoms with Crippen LogP contribution in [0.25, 0.3) is 0 Å². The number of amidine groups is 1. The summed E-state index contributed by atoms with van der Waals surface area (Å²) in [6, 6.07) is 4.83. The van der Waals surface area contributed by atoms with Gasteiger partial charge >= 0.3 is 0 Å². The van der Waals surface area contributed by atoms with Crippen molar-refractivity contribution >= 4 is 5.84 Å². The zero-order chi connectivity index (χ0) is 13.5. The lowest BCUT2D eigenvalue weighted by Crippen LogP contribution is -2.36. The molecule has 2 aliphatic rings. The summed E-state index contributed by atoms with van der Waals surface area (Å²) < 4.78 is 13.3. The van der Waals surface area contributed by atoms with Gasteiger partial charge in [-0.1, -0.05) is 25.8 Å². The number of benzene rings is 1. The highest BCUT2D eigenvalue weighted by atomic mass is 19.1. The fourth-order valence-electron chi connectivity index (χ4n) is 3.65. The monoisotopic (exact) mass is 260 g/mol. The Morgan fingerprint density at radius 2 is 2.05 bits per heavy atom. The zero-order valence-electron chi connectivity index (χ0n) is 11.5. The van der Waals surface area contributed by atoms with Gasteiger partial charge in [0, 0.05) is 18.7 Å². The summed E-state index contributed by atoms with van der Waals surface area (Å²) in [6.07, 6.45) is 6.37. The molecule has 1 saturated carbocycles. The average Bonchev–Trinajstić information content (AvgIpc) is 2.98. The molecule has 3 heteroatoms. The predicted octanol–water partition coefficient (Wildman–Crippen LogP) is 3.94. The Morgan fingerprint density at radius 3 is 2.74 bits per heavy atom. The van der Waals surface area contributed by atoms with E-state index in [1.807, 2.05) is 6.07 Å². The molecule has 1 fully saturated rings. The third-order valence-electron chi connectivity index (χ3n) is 4.94. The van der Waals surface area contributed by atoms with Crippen molar-refractivity contribution in [2.24, 2.45) is 5.41 Å². The van der Waals surface area contributed by atoms with Crippen LogP contribution in [0, 0.1) is 16.6 Å². The number of hydrogen-bond donors (Lipinski definition) is 1. The third-order valence-corrected chi connectivity index (χ3v) is 4.94. The Bertz CT molecular complexity index is 503. The first-order valence-electron chi connectivity index (χ1n) is 7.26. The Kier molecular flexibility index (Phi) is 3.08. The Morgan fingerprint density at radius 1 is 1.32 bits per heavy atom. The summed E-state index contributed by atoms with van der Waals surface area (Å²) in [4.78, 5) is 2.14. The standard InChI is InChI=1S/C16H21FN2/c1-2-16(7-3-4-8-16)11-19-10-12-5-6-13(17)9-14(12)15(19)18/h5-6,9,18H,2-4,7-8,10-11H2,1H3. The van der Waals surface area contributed by atoms with Gasteiger partial charge in [0.2, 0.25) is 0 Å². The van der Waals surface area contributed by atoms with Gasteiger partial charge in [-0.05, 0) is 42.4 Å². The van der Waals surface area contributed by atoms with E-state index in [0.29, 0.717) is 11.3 Å². The Hall–Kier alpha value is -1.38. The van der Waals surface area contributed by atoms with Gasteiger partial charge in [-0.25, -0.2) is 4.39 Å². The van der Waals surface area contributed by atoms with E-state index in [-0.39, 0.29) is 5.82 Å². The lowest BCUT2D eigenvalue weighted by Gasteiger charge is -2.33. The number of fused-ring (bicyclic) bond motifs is 1. The summed E-state index contributed by atoms with van der Waals surface area (Å²) in [5.74, 6) is 0.269. The minimum Gasteiger partial charge on any atom is -0.352 e. The molecule has 0 spiro atoms. The quantitative estimate of drug-likeness (QED) is 0.875. The smallest absolute Gasteiger partial charge is 0.128 e. The van der Waals surface area contributed by atoms with Crippen molar-refractivity contribution in [3.05, 3.63) is 35.1 Å². The van der Waals surface area contributed by atoms with Crippen molar-refractivity contribution in [3.8, 4) is 0 Å². The van der Waals surface area contributed by atoms with E-state index in [4.69, 9.17) is 5.41 Å². The summed E-state index contributed by atoms with van der Waals surface area (Å²) in [7, 11) is 0. The molecule has 0 unspecified atom stereocenters. The molecule has 2 nitrogen and oxygen atoms in total. The van der Waals surface area contributed by atoms with Gasteiger partial charge in [0.1, 0.15) is 11.7 Å². The molecule has 19 heavy (non-hydrogen) atoms. The van der Waals surface area contributed by atoms with Crippen LogP contribution in [-0.2, 0) is 6.54 Å². The molecule has 1 N–H and O–H groups in total. The SMILES string of the molecule is CCC1(CN2Cc3ccc(F)cc3C2=N)CCCC1. The minimum atomic E-state index is -0.239. The maximum absolute atomic E-state index is 13.3. The number of halogens is 1. The molecule has 1 aromatic rings. The molecular weight excluding hydrogens is 239 g/mol. The Labute approximate surface area is 114 Å². The van der Waals surface area contributed by atoms with E-state index in [0.717, 1.165) is 24.2 Å². The predicted molar refractivity (Wildman–Crippen MR) is 74.8 cm³/mol. The highest BCUT2D eigenvalue weighted by Crippen LogP contribution is 2.42. The van der Waals surface area contributed by atoms with Crippen molar-refractivity contribution in [1.29, 1.82) is 5.41 Å². The van der Waals surface area contributed by atoms with Crippen molar-refractivity contribution in [2.45, 2.75) is 45.6 Å². The fourth-order valence-corrected chi connectivity index (χ4v) is 3.65. The molecule has 1 aliphatic carbocycles. The molecule has 0 atom stereocenters. The molecule has 0 saturated heterocycles. The second-order valence-corrected chi connectivity index (χ2v) is 6.07. The van der Waals surface area contributed by atoms with Crippen LogP contribution >= 0.6 is 0 Å². The van der Waals surface area contributed by atoms with Crippen molar-refractivity contribution in [2.75, 3.05) is 6.54 Å².